The van der Waals surface area contributed by atoms with Gasteiger partial charge in [0, 0.05) is 11.1 Å². The Hall–Kier alpha value is -4.57. The standard InChI is InChI=1S/C34H26O4.H4NP/c1-37-27-11-3-21(4-12-27)23-7-15-29-25(19-23)9-17-31(35)33(29)34-30-16-8-24(20-26(30)10-18-32(34)36)22-5-13-28(38-2)14-6-22;1-2/h3-20,35-36H,1-2H3;1-2H2. The molecule has 6 aromatic carbocycles. The van der Waals surface area contributed by atoms with Crippen molar-refractivity contribution in [2.24, 2.45) is 5.50 Å². The average Bonchev–Trinajstić information content (AvgIpc) is 3.02. The topological polar surface area (TPSA) is 84.9 Å². The fourth-order valence-electron chi connectivity index (χ4n) is 5.09. The predicted molar refractivity (Wildman–Crippen MR) is 168 cm³/mol. The van der Waals surface area contributed by atoms with Crippen LogP contribution in [0.2, 0.25) is 0 Å². The van der Waals surface area contributed by atoms with Gasteiger partial charge in [0.25, 0.3) is 0 Å². The number of ether oxygens (including phenoxy) is 2. The first-order valence-corrected chi connectivity index (χ1v) is 13.4. The quantitative estimate of drug-likeness (QED) is 0.190. The molecule has 4 N–H and O–H groups in total. The van der Waals surface area contributed by atoms with Gasteiger partial charge in [-0.1, -0.05) is 70.1 Å². The van der Waals surface area contributed by atoms with Gasteiger partial charge in [-0.15, -0.1) is 0 Å². The van der Waals surface area contributed by atoms with Crippen molar-refractivity contribution >= 4 is 30.9 Å². The maximum absolute atomic E-state index is 11.0. The minimum absolute atomic E-state index is 0.122. The van der Waals surface area contributed by atoms with Gasteiger partial charge in [-0.25, -0.2) is 0 Å². The van der Waals surface area contributed by atoms with Gasteiger partial charge in [0.2, 0.25) is 0 Å². The number of methoxy groups -OCH3 is 2. The molecule has 40 heavy (non-hydrogen) atoms. The van der Waals surface area contributed by atoms with Crippen LogP contribution in [0.3, 0.4) is 0 Å². The van der Waals surface area contributed by atoms with Crippen LogP contribution >= 0.6 is 9.39 Å². The molecule has 0 radical (unpaired) electrons. The van der Waals surface area contributed by atoms with Crippen molar-refractivity contribution in [1.29, 1.82) is 0 Å². The molecule has 5 nitrogen and oxygen atoms in total. The van der Waals surface area contributed by atoms with E-state index in [1.165, 1.54) is 0 Å². The van der Waals surface area contributed by atoms with Crippen molar-refractivity contribution in [3.63, 3.8) is 0 Å². The van der Waals surface area contributed by atoms with Crippen LogP contribution in [0.25, 0.3) is 54.9 Å². The maximum atomic E-state index is 11.0. The summed E-state index contributed by atoms with van der Waals surface area (Å²) >= 11 is 0. The Morgan fingerprint density at radius 2 is 0.825 bits per heavy atom. The number of nitrogens with two attached hydrogens (primary N) is 1. The first kappa shape index (κ1) is 27.0. The predicted octanol–water partition coefficient (Wildman–Crippen LogP) is 8.16. The molecule has 200 valence electrons. The molecular weight excluding hydrogens is 517 g/mol. The van der Waals surface area contributed by atoms with Crippen molar-refractivity contribution in [1.82, 2.24) is 0 Å². The molecule has 0 aromatic heterocycles. The average molecular weight is 548 g/mol. The molecular formula is C34H30NO4P. The molecule has 0 aliphatic carbocycles. The lowest BCUT2D eigenvalue weighted by Crippen LogP contribution is -1.89. The van der Waals surface area contributed by atoms with Gasteiger partial charge in [-0.2, -0.15) is 0 Å². The van der Waals surface area contributed by atoms with Gasteiger partial charge in [0.05, 0.1) is 14.2 Å². The second-order valence-electron chi connectivity index (χ2n) is 9.25. The molecule has 6 rings (SSSR count). The number of phenolic OH excluding ortho intramolecular Hbond substituents is 2. The molecule has 0 amide bonds. The van der Waals surface area contributed by atoms with Crippen LogP contribution in [0.15, 0.2) is 109 Å². The summed E-state index contributed by atoms with van der Waals surface area (Å²) in [4.78, 5) is 0. The van der Waals surface area contributed by atoms with E-state index in [0.29, 0.717) is 11.1 Å². The Morgan fingerprint density at radius 3 is 1.18 bits per heavy atom. The zero-order chi connectivity index (χ0) is 28.2. The van der Waals surface area contributed by atoms with E-state index in [1.54, 1.807) is 26.4 Å². The molecule has 1 unspecified atom stereocenters. The third-order valence-electron chi connectivity index (χ3n) is 7.09. The third kappa shape index (κ3) is 5.05. The van der Waals surface area contributed by atoms with Gasteiger partial charge in [0.1, 0.15) is 23.0 Å². The van der Waals surface area contributed by atoms with E-state index in [4.69, 9.17) is 9.47 Å². The summed E-state index contributed by atoms with van der Waals surface area (Å²) in [6.45, 7) is 0. The summed E-state index contributed by atoms with van der Waals surface area (Å²) in [6.07, 6.45) is 0. The molecule has 0 heterocycles. The minimum atomic E-state index is 0.122. The van der Waals surface area contributed by atoms with E-state index >= 15 is 0 Å². The zero-order valence-corrected chi connectivity index (χ0v) is 23.4. The summed E-state index contributed by atoms with van der Waals surface area (Å²) in [7, 11) is 5.23. The van der Waals surface area contributed by atoms with Crippen LogP contribution in [-0.4, -0.2) is 24.4 Å². The Balaban J connectivity index is 0.00000158. The Kier molecular flexibility index (Phi) is 7.88. The van der Waals surface area contributed by atoms with E-state index < -0.39 is 0 Å². The smallest absolute Gasteiger partial charge is 0.124 e. The Bertz CT molecular complexity index is 1660. The van der Waals surface area contributed by atoms with Gasteiger partial charge >= 0.3 is 0 Å². The maximum Gasteiger partial charge on any atom is 0.124 e. The van der Waals surface area contributed by atoms with Crippen molar-refractivity contribution < 1.29 is 19.7 Å². The summed E-state index contributed by atoms with van der Waals surface area (Å²) in [6, 6.07) is 35.4. The molecule has 1 atom stereocenters. The monoisotopic (exact) mass is 547 g/mol. The summed E-state index contributed by atoms with van der Waals surface area (Å²) in [5.74, 6) is 1.86. The Morgan fingerprint density at radius 1 is 0.475 bits per heavy atom. The fourth-order valence-corrected chi connectivity index (χ4v) is 5.09. The van der Waals surface area contributed by atoms with E-state index in [0.717, 1.165) is 55.3 Å². The van der Waals surface area contributed by atoms with Crippen molar-refractivity contribution in [2.45, 2.75) is 0 Å². The lowest BCUT2D eigenvalue weighted by atomic mass is 9.90. The number of hydrogen-bond donors (Lipinski definition) is 3. The van der Waals surface area contributed by atoms with Crippen LogP contribution in [-0.2, 0) is 0 Å². The van der Waals surface area contributed by atoms with Gasteiger partial charge in [0.15, 0.2) is 0 Å². The number of benzene rings is 6. The normalized spacial score (nSPS) is 10.7. The molecule has 6 aromatic rings. The summed E-state index contributed by atoms with van der Waals surface area (Å²) in [5.41, 5.74) is 9.90. The number of fused-ring (bicyclic) bond motifs is 2. The number of phenols is 2. The van der Waals surface area contributed by atoms with Gasteiger partial charge < -0.3 is 25.2 Å². The number of rotatable bonds is 5. The second-order valence-corrected chi connectivity index (χ2v) is 9.25. The molecule has 0 saturated heterocycles. The first-order valence-electron chi connectivity index (χ1n) is 12.7. The molecule has 0 spiro atoms. The van der Waals surface area contributed by atoms with Gasteiger partial charge in [-0.3, -0.25) is 0 Å². The molecule has 0 saturated carbocycles. The largest absolute Gasteiger partial charge is 0.507 e. The highest BCUT2D eigenvalue weighted by atomic mass is 31.0. The molecule has 0 fully saturated rings. The number of hydrogen-bond acceptors (Lipinski definition) is 5. The molecule has 0 aliphatic rings. The fraction of sp³-hybridized carbons (Fsp3) is 0.0588. The van der Waals surface area contributed by atoms with E-state index in [2.05, 4.69) is 17.6 Å². The molecule has 0 bridgehead atoms. The van der Waals surface area contributed by atoms with Crippen LogP contribution in [0.1, 0.15) is 0 Å². The molecule has 6 heteroatoms. The van der Waals surface area contributed by atoms with Gasteiger partial charge in [-0.05, 0) is 92.3 Å². The molecule has 0 aliphatic heterocycles. The Labute approximate surface area is 235 Å². The first-order chi connectivity index (χ1) is 19.6. The number of aromatic hydroxyl groups is 2. The van der Waals surface area contributed by atoms with E-state index in [1.807, 2.05) is 94.3 Å². The minimum Gasteiger partial charge on any atom is -0.507 e. The van der Waals surface area contributed by atoms with Crippen molar-refractivity contribution in [2.75, 3.05) is 14.2 Å². The zero-order valence-electron chi connectivity index (χ0n) is 22.3. The van der Waals surface area contributed by atoms with Crippen LogP contribution in [0.5, 0.6) is 23.0 Å². The lowest BCUT2D eigenvalue weighted by molar-refractivity contribution is 0.415. The van der Waals surface area contributed by atoms with Crippen LogP contribution in [0, 0.1) is 0 Å². The van der Waals surface area contributed by atoms with Crippen LogP contribution < -0.4 is 15.0 Å². The lowest BCUT2D eigenvalue weighted by Gasteiger charge is -2.16. The summed E-state index contributed by atoms with van der Waals surface area (Å²) in [5, 5.41) is 25.7. The summed E-state index contributed by atoms with van der Waals surface area (Å²) < 4.78 is 10.6. The SMILES string of the molecule is COc1ccc(-c2ccc3c(-c4c(O)ccc5cc(-c6ccc(OC)cc6)ccc45)c(O)ccc3c2)cc1.NP. The van der Waals surface area contributed by atoms with Crippen LogP contribution in [0.4, 0.5) is 0 Å². The van der Waals surface area contributed by atoms with E-state index in [-0.39, 0.29) is 11.5 Å². The highest BCUT2D eigenvalue weighted by Crippen LogP contribution is 2.45. The van der Waals surface area contributed by atoms with Crippen molar-refractivity contribution in [3.05, 3.63) is 109 Å². The highest BCUT2D eigenvalue weighted by molar-refractivity contribution is 7.13. The van der Waals surface area contributed by atoms with Crippen molar-refractivity contribution in [3.8, 4) is 56.4 Å². The third-order valence-corrected chi connectivity index (χ3v) is 7.09. The highest BCUT2D eigenvalue weighted by Gasteiger charge is 2.17. The second kappa shape index (κ2) is 11.7. The van der Waals surface area contributed by atoms with E-state index in [9.17, 15) is 10.2 Å².